The molecule has 0 aliphatic rings. The molecule has 2 aromatic carbocycles. The topological polar surface area (TPSA) is 56.8 Å². The van der Waals surface area contributed by atoms with Crippen LogP contribution in [0, 0.1) is 6.92 Å². The Morgan fingerprint density at radius 1 is 1.08 bits per heavy atom. The van der Waals surface area contributed by atoms with Gasteiger partial charge in [0.25, 0.3) is 5.91 Å². The van der Waals surface area contributed by atoms with Gasteiger partial charge in [-0.2, -0.15) is 0 Å². The summed E-state index contributed by atoms with van der Waals surface area (Å²) in [7, 11) is 3.00. The van der Waals surface area contributed by atoms with Crippen LogP contribution < -0.4 is 19.5 Å². The molecule has 6 heteroatoms. The fourth-order valence-electron chi connectivity index (χ4n) is 2.13. The molecule has 128 valence electrons. The normalized spacial score (nSPS) is 11.5. The maximum atomic E-state index is 12.4. The highest BCUT2D eigenvalue weighted by Crippen LogP contribution is 2.36. The molecule has 1 atom stereocenters. The van der Waals surface area contributed by atoms with Crippen LogP contribution in [-0.4, -0.2) is 26.2 Å². The number of rotatable bonds is 6. The number of aryl methyl sites for hydroxylation is 1. The number of carbonyl (C=O) groups excluding carboxylic acids is 1. The second-order valence-electron chi connectivity index (χ2n) is 5.20. The molecule has 0 saturated heterocycles. The molecule has 24 heavy (non-hydrogen) atoms. The Kier molecular flexibility index (Phi) is 5.93. The molecule has 2 aromatic rings. The predicted molar refractivity (Wildman–Crippen MR) is 94.5 cm³/mol. The number of methoxy groups -OCH3 is 2. The van der Waals surface area contributed by atoms with Crippen molar-refractivity contribution in [2.75, 3.05) is 19.5 Å². The van der Waals surface area contributed by atoms with Gasteiger partial charge in [0.05, 0.1) is 24.9 Å². The molecule has 0 bridgehead atoms. The largest absolute Gasteiger partial charge is 0.495 e. The number of halogens is 1. The van der Waals surface area contributed by atoms with Crippen molar-refractivity contribution in [3.63, 3.8) is 0 Å². The van der Waals surface area contributed by atoms with Crippen LogP contribution >= 0.6 is 11.6 Å². The molecule has 0 aliphatic heterocycles. The van der Waals surface area contributed by atoms with Crippen molar-refractivity contribution in [2.24, 2.45) is 0 Å². The first kappa shape index (κ1) is 17.9. The van der Waals surface area contributed by atoms with E-state index in [0.717, 1.165) is 5.56 Å². The molecule has 2 rings (SSSR count). The van der Waals surface area contributed by atoms with E-state index in [9.17, 15) is 4.79 Å². The number of nitrogens with one attached hydrogen (secondary N) is 1. The molecule has 1 N–H and O–H groups in total. The summed E-state index contributed by atoms with van der Waals surface area (Å²) in [6.07, 6.45) is -0.683. The van der Waals surface area contributed by atoms with E-state index in [1.165, 1.54) is 14.2 Å². The summed E-state index contributed by atoms with van der Waals surface area (Å²) in [5.74, 6) is 1.25. The molecule has 0 radical (unpaired) electrons. The minimum atomic E-state index is -0.683. The molecular weight excluding hydrogens is 330 g/mol. The van der Waals surface area contributed by atoms with Crippen molar-refractivity contribution in [1.29, 1.82) is 0 Å². The van der Waals surface area contributed by atoms with Crippen molar-refractivity contribution in [3.05, 3.63) is 47.0 Å². The summed E-state index contributed by atoms with van der Waals surface area (Å²) in [6, 6.07) is 10.7. The van der Waals surface area contributed by atoms with Crippen LogP contribution in [0.5, 0.6) is 17.2 Å². The third kappa shape index (κ3) is 4.11. The number of ether oxygens (including phenoxy) is 3. The first-order valence-electron chi connectivity index (χ1n) is 7.41. The van der Waals surface area contributed by atoms with Gasteiger partial charge in [-0.25, -0.2) is 0 Å². The van der Waals surface area contributed by atoms with Gasteiger partial charge in [0, 0.05) is 12.1 Å². The minimum absolute atomic E-state index is 0.305. The summed E-state index contributed by atoms with van der Waals surface area (Å²) in [5, 5.41) is 3.17. The van der Waals surface area contributed by atoms with Gasteiger partial charge in [-0.15, -0.1) is 0 Å². The molecule has 0 saturated carbocycles. The third-order valence-corrected chi connectivity index (χ3v) is 3.79. The van der Waals surface area contributed by atoms with Crippen molar-refractivity contribution in [1.82, 2.24) is 0 Å². The summed E-state index contributed by atoms with van der Waals surface area (Å²) < 4.78 is 16.1. The lowest BCUT2D eigenvalue weighted by Crippen LogP contribution is -2.30. The summed E-state index contributed by atoms with van der Waals surface area (Å²) in [6.45, 7) is 3.61. The van der Waals surface area contributed by atoms with Crippen LogP contribution in [-0.2, 0) is 4.79 Å². The Balaban J connectivity index is 2.15. The maximum absolute atomic E-state index is 12.4. The zero-order valence-corrected chi connectivity index (χ0v) is 14.8. The average molecular weight is 350 g/mol. The maximum Gasteiger partial charge on any atom is 0.265 e. The van der Waals surface area contributed by atoms with E-state index >= 15 is 0 Å². The summed E-state index contributed by atoms with van der Waals surface area (Å²) >= 11 is 6.06. The third-order valence-electron chi connectivity index (χ3n) is 3.50. The zero-order valence-electron chi connectivity index (χ0n) is 14.1. The first-order valence-corrected chi connectivity index (χ1v) is 7.78. The van der Waals surface area contributed by atoms with Crippen molar-refractivity contribution < 1.29 is 19.0 Å². The van der Waals surface area contributed by atoms with Gasteiger partial charge < -0.3 is 19.5 Å². The first-order chi connectivity index (χ1) is 11.5. The number of hydrogen-bond acceptors (Lipinski definition) is 4. The lowest BCUT2D eigenvalue weighted by atomic mass is 10.2. The van der Waals surface area contributed by atoms with E-state index in [1.54, 1.807) is 19.1 Å². The Morgan fingerprint density at radius 2 is 1.75 bits per heavy atom. The van der Waals surface area contributed by atoms with Gasteiger partial charge in [0.2, 0.25) is 0 Å². The highest BCUT2D eigenvalue weighted by Gasteiger charge is 2.19. The van der Waals surface area contributed by atoms with Crippen molar-refractivity contribution in [3.8, 4) is 17.2 Å². The number of anilines is 1. The average Bonchev–Trinajstić information content (AvgIpc) is 2.57. The van der Waals surface area contributed by atoms with Gasteiger partial charge in [-0.1, -0.05) is 29.8 Å². The Hall–Kier alpha value is -2.40. The molecule has 1 amide bonds. The van der Waals surface area contributed by atoms with E-state index < -0.39 is 6.10 Å². The van der Waals surface area contributed by atoms with E-state index in [0.29, 0.717) is 28.0 Å². The smallest absolute Gasteiger partial charge is 0.265 e. The fourth-order valence-corrected chi connectivity index (χ4v) is 2.36. The molecule has 5 nitrogen and oxygen atoms in total. The molecular formula is C18H20ClNO4. The Bertz CT molecular complexity index is 733. The standard InChI is InChI=1S/C18H20ClNO4/c1-11-7-5-6-8-15(11)24-12(2)18(21)20-14-10-16(22-3)13(19)9-17(14)23-4/h5-10,12H,1-4H3,(H,20,21)/t12-/m0/s1. The molecule has 0 aromatic heterocycles. The van der Waals surface area contributed by atoms with Crippen LogP contribution in [0.3, 0.4) is 0 Å². The zero-order chi connectivity index (χ0) is 17.7. The van der Waals surface area contributed by atoms with Gasteiger partial charge >= 0.3 is 0 Å². The molecule has 0 fully saturated rings. The van der Waals surface area contributed by atoms with Gasteiger partial charge in [-0.3, -0.25) is 4.79 Å². The number of amides is 1. The monoisotopic (exact) mass is 349 g/mol. The number of para-hydroxylation sites is 1. The summed E-state index contributed by atoms with van der Waals surface area (Å²) in [5.41, 5.74) is 1.42. The fraction of sp³-hybridized carbons (Fsp3) is 0.278. The van der Waals surface area contributed by atoms with Gasteiger partial charge in [0.1, 0.15) is 17.2 Å². The predicted octanol–water partition coefficient (Wildman–Crippen LogP) is 4.07. The van der Waals surface area contributed by atoms with Crippen LogP contribution in [0.4, 0.5) is 5.69 Å². The van der Waals surface area contributed by atoms with Crippen LogP contribution in [0.1, 0.15) is 12.5 Å². The molecule has 0 aliphatic carbocycles. The highest BCUT2D eigenvalue weighted by molar-refractivity contribution is 6.32. The van der Waals surface area contributed by atoms with Crippen molar-refractivity contribution >= 4 is 23.2 Å². The SMILES string of the molecule is COc1cc(NC(=O)[C@H](C)Oc2ccccc2C)c(OC)cc1Cl. The molecule has 0 unspecified atom stereocenters. The molecule has 0 heterocycles. The molecule has 0 spiro atoms. The second-order valence-corrected chi connectivity index (χ2v) is 5.61. The van der Waals surface area contributed by atoms with Crippen molar-refractivity contribution in [2.45, 2.75) is 20.0 Å². The number of benzene rings is 2. The van der Waals surface area contributed by atoms with Gasteiger partial charge in [-0.05, 0) is 25.5 Å². The van der Waals surface area contributed by atoms with Crippen LogP contribution in [0.15, 0.2) is 36.4 Å². The van der Waals surface area contributed by atoms with E-state index in [-0.39, 0.29) is 5.91 Å². The van der Waals surface area contributed by atoms with Crippen LogP contribution in [0.25, 0.3) is 0 Å². The quantitative estimate of drug-likeness (QED) is 0.854. The Morgan fingerprint density at radius 3 is 2.38 bits per heavy atom. The van der Waals surface area contributed by atoms with E-state index in [2.05, 4.69) is 5.32 Å². The number of carbonyl (C=O) groups is 1. The Labute approximate surface area is 146 Å². The van der Waals surface area contributed by atoms with E-state index in [4.69, 9.17) is 25.8 Å². The highest BCUT2D eigenvalue weighted by atomic mass is 35.5. The van der Waals surface area contributed by atoms with E-state index in [1.807, 2.05) is 31.2 Å². The number of hydrogen-bond donors (Lipinski definition) is 1. The van der Waals surface area contributed by atoms with Crippen LogP contribution in [0.2, 0.25) is 5.02 Å². The summed E-state index contributed by atoms with van der Waals surface area (Å²) in [4.78, 5) is 12.4. The minimum Gasteiger partial charge on any atom is -0.495 e. The lowest BCUT2D eigenvalue weighted by Gasteiger charge is -2.18. The lowest BCUT2D eigenvalue weighted by molar-refractivity contribution is -0.122. The van der Waals surface area contributed by atoms with Gasteiger partial charge in [0.15, 0.2) is 6.10 Å². The second kappa shape index (κ2) is 7.93.